The molecule has 96 valence electrons. The maximum Gasteiger partial charge on any atom is 0.419 e. The molecule has 0 unspecified atom stereocenters. The summed E-state index contributed by atoms with van der Waals surface area (Å²) < 4.78 is 51.3. The summed E-state index contributed by atoms with van der Waals surface area (Å²) in [6, 6.07) is 3.03. The standard InChI is InChI=1S/C11H7F4NOS/c12-9-7(10-16-6(4-17)5-18-10)2-1-3-8(9)11(13,14)15/h1-3,5,17H,4H2. The minimum absolute atomic E-state index is 0.114. The van der Waals surface area contributed by atoms with Gasteiger partial charge in [0.2, 0.25) is 0 Å². The molecule has 1 N–H and O–H groups in total. The summed E-state index contributed by atoms with van der Waals surface area (Å²) in [5.41, 5.74) is -1.23. The molecule has 0 amide bonds. The monoisotopic (exact) mass is 277 g/mol. The van der Waals surface area contributed by atoms with Crippen LogP contribution < -0.4 is 0 Å². The minimum atomic E-state index is -4.74. The molecule has 0 saturated carbocycles. The zero-order valence-corrected chi connectivity index (χ0v) is 9.65. The highest BCUT2D eigenvalue weighted by molar-refractivity contribution is 7.13. The van der Waals surface area contributed by atoms with Crippen LogP contribution in [0.1, 0.15) is 11.3 Å². The third kappa shape index (κ3) is 2.37. The smallest absolute Gasteiger partial charge is 0.390 e. The van der Waals surface area contributed by atoms with Gasteiger partial charge >= 0.3 is 6.18 Å². The van der Waals surface area contributed by atoms with Gasteiger partial charge in [0.25, 0.3) is 0 Å². The molecule has 0 radical (unpaired) electrons. The Bertz CT molecular complexity index is 564. The van der Waals surface area contributed by atoms with Crippen LogP contribution in [0.5, 0.6) is 0 Å². The van der Waals surface area contributed by atoms with Crippen LogP contribution in [0, 0.1) is 5.82 Å². The normalized spacial score (nSPS) is 11.8. The molecule has 1 aromatic carbocycles. The van der Waals surface area contributed by atoms with Gasteiger partial charge < -0.3 is 5.11 Å². The zero-order valence-electron chi connectivity index (χ0n) is 8.83. The van der Waals surface area contributed by atoms with E-state index in [-0.39, 0.29) is 17.2 Å². The predicted octanol–water partition coefficient (Wildman–Crippen LogP) is 3.46. The maximum atomic E-state index is 13.8. The molecule has 0 atom stereocenters. The number of nitrogens with zero attached hydrogens (tertiary/aromatic N) is 1. The molecule has 1 heterocycles. The largest absolute Gasteiger partial charge is 0.419 e. The molecule has 0 aliphatic carbocycles. The molecular weight excluding hydrogens is 270 g/mol. The highest BCUT2D eigenvalue weighted by Crippen LogP contribution is 2.36. The van der Waals surface area contributed by atoms with E-state index in [1.807, 2.05) is 0 Å². The lowest BCUT2D eigenvalue weighted by molar-refractivity contribution is -0.139. The Balaban J connectivity index is 2.52. The summed E-state index contributed by atoms with van der Waals surface area (Å²) in [5, 5.41) is 10.4. The molecule has 0 saturated heterocycles. The lowest BCUT2D eigenvalue weighted by Gasteiger charge is -2.09. The van der Waals surface area contributed by atoms with Crippen LogP contribution in [-0.4, -0.2) is 10.1 Å². The third-order valence-corrected chi connectivity index (χ3v) is 3.17. The highest BCUT2D eigenvalue weighted by Gasteiger charge is 2.35. The number of rotatable bonds is 2. The number of hydrogen-bond donors (Lipinski definition) is 1. The van der Waals surface area contributed by atoms with E-state index in [2.05, 4.69) is 4.98 Å². The number of halogens is 4. The molecule has 0 aliphatic rings. The van der Waals surface area contributed by atoms with Gasteiger partial charge in [0.1, 0.15) is 10.8 Å². The first-order valence-electron chi connectivity index (χ1n) is 4.85. The van der Waals surface area contributed by atoms with Crippen LogP contribution in [0.15, 0.2) is 23.6 Å². The minimum Gasteiger partial charge on any atom is -0.390 e. The van der Waals surface area contributed by atoms with Crippen LogP contribution in [0.4, 0.5) is 17.6 Å². The summed E-state index contributed by atoms with van der Waals surface area (Å²) in [5.74, 6) is -1.34. The van der Waals surface area contributed by atoms with Crippen molar-refractivity contribution < 1.29 is 22.7 Å². The second-order valence-corrected chi connectivity index (χ2v) is 4.33. The van der Waals surface area contributed by atoms with E-state index in [0.717, 1.165) is 17.4 Å². The first-order valence-corrected chi connectivity index (χ1v) is 5.73. The molecule has 0 bridgehead atoms. The summed E-state index contributed by atoms with van der Waals surface area (Å²) in [6.07, 6.45) is -4.74. The topological polar surface area (TPSA) is 33.1 Å². The molecule has 0 aliphatic heterocycles. The van der Waals surface area contributed by atoms with Gasteiger partial charge in [-0.3, -0.25) is 0 Å². The number of benzene rings is 1. The number of aliphatic hydroxyl groups excluding tert-OH is 1. The summed E-state index contributed by atoms with van der Waals surface area (Å²) in [4.78, 5) is 3.84. The van der Waals surface area contributed by atoms with E-state index < -0.39 is 17.6 Å². The predicted molar refractivity (Wildman–Crippen MR) is 58.4 cm³/mol. The van der Waals surface area contributed by atoms with Gasteiger partial charge in [-0.05, 0) is 12.1 Å². The van der Waals surface area contributed by atoms with Crippen molar-refractivity contribution in [1.82, 2.24) is 4.98 Å². The Kier molecular flexibility index (Phi) is 3.36. The van der Waals surface area contributed by atoms with Crippen molar-refractivity contribution >= 4 is 11.3 Å². The fourth-order valence-corrected chi connectivity index (χ4v) is 2.25. The summed E-state index contributed by atoms with van der Waals surface area (Å²) in [7, 11) is 0. The van der Waals surface area contributed by atoms with Gasteiger partial charge in [-0.25, -0.2) is 9.37 Å². The van der Waals surface area contributed by atoms with Crippen LogP contribution in [0.25, 0.3) is 10.6 Å². The second-order valence-electron chi connectivity index (χ2n) is 3.47. The first-order chi connectivity index (χ1) is 8.43. The van der Waals surface area contributed by atoms with Gasteiger partial charge in [0.15, 0.2) is 0 Å². The van der Waals surface area contributed by atoms with Crippen LogP contribution in [0.2, 0.25) is 0 Å². The number of thiazole rings is 1. The number of alkyl halides is 3. The molecular formula is C11H7F4NOS. The van der Waals surface area contributed by atoms with Gasteiger partial charge in [-0.1, -0.05) is 6.07 Å². The SMILES string of the molecule is OCc1csc(-c2cccc(C(F)(F)F)c2F)n1. The van der Waals surface area contributed by atoms with E-state index in [1.54, 1.807) is 0 Å². The van der Waals surface area contributed by atoms with Crippen molar-refractivity contribution in [2.75, 3.05) is 0 Å². The summed E-state index contributed by atoms with van der Waals surface area (Å²) in [6.45, 7) is -0.336. The summed E-state index contributed by atoms with van der Waals surface area (Å²) >= 11 is 0.982. The van der Waals surface area contributed by atoms with Crippen molar-refractivity contribution in [1.29, 1.82) is 0 Å². The van der Waals surface area contributed by atoms with Gasteiger partial charge in [-0.2, -0.15) is 13.2 Å². The van der Waals surface area contributed by atoms with Gasteiger partial charge in [0.05, 0.1) is 17.9 Å². The zero-order chi connectivity index (χ0) is 13.3. The van der Waals surface area contributed by atoms with Crippen molar-refractivity contribution in [3.8, 4) is 10.6 Å². The number of hydrogen-bond acceptors (Lipinski definition) is 3. The molecule has 18 heavy (non-hydrogen) atoms. The van der Waals surface area contributed by atoms with Crippen LogP contribution >= 0.6 is 11.3 Å². The van der Waals surface area contributed by atoms with Gasteiger partial charge in [0, 0.05) is 10.9 Å². The Hall–Kier alpha value is -1.47. The van der Waals surface area contributed by atoms with E-state index in [0.29, 0.717) is 11.8 Å². The second kappa shape index (κ2) is 4.66. The first kappa shape index (κ1) is 13.0. The van der Waals surface area contributed by atoms with E-state index >= 15 is 0 Å². The van der Waals surface area contributed by atoms with Crippen molar-refractivity contribution in [3.63, 3.8) is 0 Å². The Morgan fingerprint density at radius 3 is 2.56 bits per heavy atom. The average molecular weight is 277 g/mol. The van der Waals surface area contributed by atoms with E-state index in [4.69, 9.17) is 5.11 Å². The highest BCUT2D eigenvalue weighted by atomic mass is 32.1. The lowest BCUT2D eigenvalue weighted by Crippen LogP contribution is -2.08. The van der Waals surface area contributed by atoms with Crippen LogP contribution in [0.3, 0.4) is 0 Å². The molecule has 0 fully saturated rings. The van der Waals surface area contributed by atoms with E-state index in [9.17, 15) is 17.6 Å². The molecule has 1 aromatic heterocycles. The molecule has 2 rings (SSSR count). The number of aliphatic hydroxyl groups is 1. The fourth-order valence-electron chi connectivity index (χ4n) is 1.42. The molecule has 0 spiro atoms. The Morgan fingerprint density at radius 1 is 1.28 bits per heavy atom. The molecule has 2 aromatic rings. The maximum absolute atomic E-state index is 13.8. The third-order valence-electron chi connectivity index (χ3n) is 2.25. The lowest BCUT2D eigenvalue weighted by atomic mass is 10.1. The quantitative estimate of drug-likeness (QED) is 0.853. The Labute approximate surface area is 104 Å². The van der Waals surface area contributed by atoms with Crippen LogP contribution in [-0.2, 0) is 12.8 Å². The van der Waals surface area contributed by atoms with Gasteiger partial charge in [-0.15, -0.1) is 11.3 Å². The van der Waals surface area contributed by atoms with E-state index in [1.165, 1.54) is 11.4 Å². The molecule has 2 nitrogen and oxygen atoms in total. The van der Waals surface area contributed by atoms with Crippen molar-refractivity contribution in [3.05, 3.63) is 40.7 Å². The fraction of sp³-hybridized carbons (Fsp3) is 0.182. The average Bonchev–Trinajstić information content (AvgIpc) is 2.76. The molecule has 7 heteroatoms. The number of aromatic nitrogens is 1. The Morgan fingerprint density at radius 2 is 2.00 bits per heavy atom. The van der Waals surface area contributed by atoms with Crippen molar-refractivity contribution in [2.45, 2.75) is 12.8 Å². The van der Waals surface area contributed by atoms with Crippen molar-refractivity contribution in [2.24, 2.45) is 0 Å².